The zero-order chi connectivity index (χ0) is 6.91. The van der Waals surface area contributed by atoms with Crippen molar-refractivity contribution in [1.29, 1.82) is 0 Å². The summed E-state index contributed by atoms with van der Waals surface area (Å²) in [5, 5.41) is 5.70. The maximum absolute atomic E-state index is 11.6. The van der Waals surface area contributed by atoms with Gasteiger partial charge in [0.15, 0.2) is 0 Å². The summed E-state index contributed by atoms with van der Waals surface area (Å²) in [4.78, 5) is 0. The van der Waals surface area contributed by atoms with E-state index in [1.807, 2.05) is 0 Å². The molecule has 1 aliphatic rings. The molecule has 9 heavy (non-hydrogen) atoms. The second-order valence-electron chi connectivity index (χ2n) is 1.86. The van der Waals surface area contributed by atoms with Gasteiger partial charge in [0.1, 0.15) is 6.04 Å². The zero-order valence-corrected chi connectivity index (χ0v) is 4.57. The lowest BCUT2D eigenvalue weighted by Gasteiger charge is -2.12. The highest BCUT2D eigenvalue weighted by Crippen LogP contribution is 2.20. The Balaban J connectivity index is 2.42. The van der Waals surface area contributed by atoms with Crippen molar-refractivity contribution < 1.29 is 13.2 Å². The molecule has 53 valence electrons. The van der Waals surface area contributed by atoms with Crippen LogP contribution < -0.4 is 10.6 Å². The zero-order valence-electron chi connectivity index (χ0n) is 4.57. The lowest BCUT2D eigenvalue weighted by molar-refractivity contribution is -0.149. The molecular weight excluding hydrogens is 133 g/mol. The first-order valence-corrected chi connectivity index (χ1v) is 2.54. The minimum absolute atomic E-state index is 0.129. The van der Waals surface area contributed by atoms with E-state index in [-0.39, 0.29) is 13.2 Å². The molecule has 0 saturated carbocycles. The van der Waals surface area contributed by atoms with Gasteiger partial charge in [-0.1, -0.05) is 0 Å². The molecule has 1 saturated heterocycles. The fourth-order valence-corrected chi connectivity index (χ4v) is 0.652. The van der Waals surface area contributed by atoms with Crippen LogP contribution in [0.25, 0.3) is 0 Å². The Kier molecular flexibility index (Phi) is 1.63. The second kappa shape index (κ2) is 2.15. The van der Waals surface area contributed by atoms with Crippen LogP contribution in [0.5, 0.6) is 0 Å². The van der Waals surface area contributed by atoms with E-state index in [1.165, 1.54) is 0 Å². The van der Waals surface area contributed by atoms with Crippen LogP contribution in [0.1, 0.15) is 0 Å². The second-order valence-corrected chi connectivity index (χ2v) is 1.86. The molecule has 2 nitrogen and oxygen atoms in total. The molecule has 1 heterocycles. The molecule has 1 radical (unpaired) electrons. The van der Waals surface area contributed by atoms with Gasteiger partial charge >= 0.3 is 6.18 Å². The van der Waals surface area contributed by atoms with Crippen LogP contribution in [0.2, 0.25) is 0 Å². The van der Waals surface area contributed by atoms with Crippen molar-refractivity contribution in [2.24, 2.45) is 0 Å². The summed E-state index contributed by atoms with van der Waals surface area (Å²) >= 11 is 0. The van der Waals surface area contributed by atoms with Crippen molar-refractivity contribution in [3.8, 4) is 0 Å². The summed E-state index contributed by atoms with van der Waals surface area (Å²) in [5.41, 5.74) is 0. The van der Waals surface area contributed by atoms with Gasteiger partial charge in [-0.2, -0.15) is 13.2 Å². The lowest BCUT2D eigenvalue weighted by Crippen LogP contribution is -2.39. The fraction of sp³-hybridized carbons (Fsp3) is 1.00. The molecule has 0 aromatic rings. The summed E-state index contributed by atoms with van der Waals surface area (Å²) in [6.07, 6.45) is -4.12. The average molecular weight is 139 g/mol. The third kappa shape index (κ3) is 1.56. The molecular formula is C4H6F3N2. The monoisotopic (exact) mass is 139 g/mol. The SMILES string of the molecule is FC(F)(F)C1C[N]CN1. The molecule has 1 fully saturated rings. The van der Waals surface area contributed by atoms with Crippen molar-refractivity contribution in [2.45, 2.75) is 12.2 Å². The molecule has 0 aromatic carbocycles. The predicted molar refractivity (Wildman–Crippen MR) is 24.8 cm³/mol. The van der Waals surface area contributed by atoms with Crippen molar-refractivity contribution in [1.82, 2.24) is 10.6 Å². The summed E-state index contributed by atoms with van der Waals surface area (Å²) in [7, 11) is 0. The number of hydrogen-bond acceptors (Lipinski definition) is 1. The molecule has 0 bridgehead atoms. The van der Waals surface area contributed by atoms with Crippen LogP contribution in [0.3, 0.4) is 0 Å². The third-order valence-electron chi connectivity index (χ3n) is 1.16. The van der Waals surface area contributed by atoms with E-state index < -0.39 is 12.2 Å². The van der Waals surface area contributed by atoms with Crippen molar-refractivity contribution >= 4 is 0 Å². The summed E-state index contributed by atoms with van der Waals surface area (Å²) in [5.74, 6) is 0. The number of rotatable bonds is 0. The van der Waals surface area contributed by atoms with E-state index in [4.69, 9.17) is 0 Å². The fourth-order valence-electron chi connectivity index (χ4n) is 0.652. The number of hydrogen-bond donors (Lipinski definition) is 1. The molecule has 1 aliphatic heterocycles. The molecule has 5 heteroatoms. The molecule has 1 atom stereocenters. The van der Waals surface area contributed by atoms with Gasteiger partial charge in [0.25, 0.3) is 0 Å². The number of nitrogens with zero attached hydrogens (tertiary/aromatic N) is 1. The van der Waals surface area contributed by atoms with E-state index in [9.17, 15) is 13.2 Å². The molecule has 0 aliphatic carbocycles. The van der Waals surface area contributed by atoms with Crippen LogP contribution in [0.15, 0.2) is 0 Å². The van der Waals surface area contributed by atoms with Crippen LogP contribution >= 0.6 is 0 Å². The van der Waals surface area contributed by atoms with Crippen molar-refractivity contribution in [2.75, 3.05) is 13.2 Å². The maximum Gasteiger partial charge on any atom is 0.405 e. The highest BCUT2D eigenvalue weighted by atomic mass is 19.4. The first-order chi connectivity index (χ1) is 4.11. The first kappa shape index (κ1) is 6.82. The van der Waals surface area contributed by atoms with E-state index in [0.717, 1.165) is 0 Å². The minimum atomic E-state index is -4.12. The number of nitrogens with one attached hydrogen (secondary N) is 1. The minimum Gasteiger partial charge on any atom is -0.291 e. The Morgan fingerprint density at radius 3 is 2.33 bits per heavy atom. The summed E-state index contributed by atoms with van der Waals surface area (Å²) < 4.78 is 34.9. The average Bonchev–Trinajstić information content (AvgIpc) is 2.08. The summed E-state index contributed by atoms with van der Waals surface area (Å²) in [6, 6.07) is -1.41. The van der Waals surface area contributed by atoms with Gasteiger partial charge in [0.2, 0.25) is 0 Å². The Bertz CT molecular complexity index is 94.5. The first-order valence-electron chi connectivity index (χ1n) is 2.54. The topological polar surface area (TPSA) is 26.1 Å². The van der Waals surface area contributed by atoms with Gasteiger partial charge in [0.05, 0.1) is 6.67 Å². The lowest BCUT2D eigenvalue weighted by atomic mass is 10.3. The van der Waals surface area contributed by atoms with E-state index >= 15 is 0 Å². The largest absolute Gasteiger partial charge is 0.405 e. The smallest absolute Gasteiger partial charge is 0.291 e. The number of alkyl halides is 3. The number of halogens is 3. The van der Waals surface area contributed by atoms with E-state index in [2.05, 4.69) is 10.6 Å². The van der Waals surface area contributed by atoms with Gasteiger partial charge in [-0.25, -0.2) is 5.32 Å². The van der Waals surface area contributed by atoms with Gasteiger partial charge in [-0.05, 0) is 0 Å². The highest BCUT2D eigenvalue weighted by Gasteiger charge is 2.41. The molecule has 0 aromatic heterocycles. The molecule has 1 rings (SSSR count). The Labute approximate surface area is 50.4 Å². The Morgan fingerprint density at radius 1 is 1.44 bits per heavy atom. The van der Waals surface area contributed by atoms with Crippen molar-refractivity contribution in [3.05, 3.63) is 0 Å². The predicted octanol–water partition coefficient (Wildman–Crippen LogP) is 0.0824. The third-order valence-corrected chi connectivity index (χ3v) is 1.16. The van der Waals surface area contributed by atoms with Gasteiger partial charge in [-0.15, -0.1) is 0 Å². The maximum atomic E-state index is 11.6. The standard InChI is InChI=1S/C4H6F3N2/c5-4(6,7)3-1-8-2-9-3/h3,9H,1-2H2. The molecule has 0 amide bonds. The normalized spacial score (nSPS) is 29.0. The molecule has 0 spiro atoms. The molecule has 1 unspecified atom stereocenters. The van der Waals surface area contributed by atoms with Crippen LogP contribution in [-0.4, -0.2) is 25.4 Å². The summed E-state index contributed by atoms with van der Waals surface area (Å²) in [6.45, 7) is -0.00627. The van der Waals surface area contributed by atoms with Gasteiger partial charge in [0, 0.05) is 6.54 Å². The Morgan fingerprint density at radius 2 is 2.11 bits per heavy atom. The molecule has 1 N–H and O–H groups in total. The highest BCUT2D eigenvalue weighted by molar-refractivity contribution is 4.81. The van der Waals surface area contributed by atoms with Gasteiger partial charge < -0.3 is 0 Å². The van der Waals surface area contributed by atoms with Crippen LogP contribution in [-0.2, 0) is 0 Å². The van der Waals surface area contributed by atoms with Gasteiger partial charge in [-0.3, -0.25) is 5.32 Å². The van der Waals surface area contributed by atoms with E-state index in [0.29, 0.717) is 0 Å². The van der Waals surface area contributed by atoms with Crippen LogP contribution in [0.4, 0.5) is 13.2 Å². The Hall–Kier alpha value is -0.290. The van der Waals surface area contributed by atoms with Crippen LogP contribution in [0, 0.1) is 0 Å². The quantitative estimate of drug-likeness (QED) is 0.505. The van der Waals surface area contributed by atoms with Crippen molar-refractivity contribution in [3.63, 3.8) is 0 Å². The van der Waals surface area contributed by atoms with E-state index in [1.54, 1.807) is 0 Å².